The van der Waals surface area contributed by atoms with Crippen molar-refractivity contribution in [2.75, 3.05) is 13.7 Å². The highest BCUT2D eigenvalue weighted by atomic mass is 32.1. The molecule has 0 spiro atoms. The molecule has 0 aliphatic rings. The molecule has 3 nitrogen and oxygen atoms in total. The second-order valence-electron chi connectivity index (χ2n) is 2.50. The molecule has 1 aromatic rings. The maximum Gasteiger partial charge on any atom is 0.348 e. The van der Waals surface area contributed by atoms with E-state index in [-0.39, 0.29) is 5.97 Å². The molecule has 0 bridgehead atoms. The third-order valence-corrected chi connectivity index (χ3v) is 2.68. The van der Waals surface area contributed by atoms with E-state index in [0.717, 1.165) is 10.6 Å². The van der Waals surface area contributed by atoms with Gasteiger partial charge in [0.1, 0.15) is 4.88 Å². The van der Waals surface area contributed by atoms with Gasteiger partial charge in [-0.1, -0.05) is 11.3 Å². The van der Waals surface area contributed by atoms with E-state index in [1.54, 1.807) is 0 Å². The topological polar surface area (TPSA) is 35.5 Å². The van der Waals surface area contributed by atoms with Gasteiger partial charge >= 0.3 is 5.97 Å². The van der Waals surface area contributed by atoms with E-state index in [4.69, 9.17) is 4.74 Å². The summed E-state index contributed by atoms with van der Waals surface area (Å²) >= 11 is 1.32. The molecule has 0 aliphatic heterocycles. The van der Waals surface area contributed by atoms with E-state index >= 15 is 0 Å². The van der Waals surface area contributed by atoms with Gasteiger partial charge in [0.25, 0.3) is 0 Å². The van der Waals surface area contributed by atoms with Crippen LogP contribution in [0.25, 0.3) is 0 Å². The first-order valence-corrected chi connectivity index (χ1v) is 4.82. The first-order chi connectivity index (χ1) is 6.19. The third-order valence-electron chi connectivity index (χ3n) is 1.55. The van der Waals surface area contributed by atoms with Gasteiger partial charge in [-0.2, -0.15) is 0 Å². The van der Waals surface area contributed by atoms with Gasteiger partial charge < -0.3 is 9.47 Å². The zero-order valence-electron chi connectivity index (χ0n) is 7.92. The van der Waals surface area contributed by atoms with Gasteiger partial charge in [0.05, 0.1) is 13.7 Å². The lowest BCUT2D eigenvalue weighted by Crippen LogP contribution is -1.99. The lowest BCUT2D eigenvalue weighted by Gasteiger charge is -1.95. The monoisotopic (exact) mass is 200 g/mol. The Morgan fingerprint density at radius 3 is 2.85 bits per heavy atom. The molecule has 1 aromatic heterocycles. The zero-order valence-corrected chi connectivity index (χ0v) is 8.73. The van der Waals surface area contributed by atoms with E-state index in [1.165, 1.54) is 18.4 Å². The SMILES string of the molecule is CCOc1cc(C)c(C(=O)OC)s1. The summed E-state index contributed by atoms with van der Waals surface area (Å²) < 4.78 is 9.90. The van der Waals surface area contributed by atoms with Crippen LogP contribution in [0.5, 0.6) is 5.06 Å². The van der Waals surface area contributed by atoms with Crippen LogP contribution in [0.2, 0.25) is 0 Å². The number of rotatable bonds is 3. The molecule has 72 valence electrons. The number of ether oxygens (including phenoxy) is 2. The summed E-state index contributed by atoms with van der Waals surface area (Å²) in [5.74, 6) is -0.298. The molecule has 1 heterocycles. The van der Waals surface area contributed by atoms with E-state index < -0.39 is 0 Å². The van der Waals surface area contributed by atoms with Crippen LogP contribution in [0.4, 0.5) is 0 Å². The fourth-order valence-electron chi connectivity index (χ4n) is 0.962. The van der Waals surface area contributed by atoms with Gasteiger partial charge in [0.15, 0.2) is 5.06 Å². The standard InChI is InChI=1S/C9H12O3S/c1-4-12-7-5-6(2)8(13-7)9(10)11-3/h5H,4H2,1-3H3. The average Bonchev–Trinajstić information content (AvgIpc) is 2.46. The van der Waals surface area contributed by atoms with Crippen LogP contribution < -0.4 is 4.74 Å². The van der Waals surface area contributed by atoms with Crippen molar-refractivity contribution in [3.63, 3.8) is 0 Å². The fraction of sp³-hybridized carbons (Fsp3) is 0.444. The normalized spacial score (nSPS) is 9.77. The van der Waals surface area contributed by atoms with Gasteiger partial charge in [0.2, 0.25) is 0 Å². The number of carbonyl (C=O) groups excluding carboxylic acids is 1. The molecular weight excluding hydrogens is 188 g/mol. The van der Waals surface area contributed by atoms with E-state index in [2.05, 4.69) is 4.74 Å². The molecule has 0 atom stereocenters. The van der Waals surface area contributed by atoms with Crippen LogP contribution in [0, 0.1) is 6.92 Å². The third kappa shape index (κ3) is 2.21. The van der Waals surface area contributed by atoms with E-state index in [0.29, 0.717) is 11.5 Å². The minimum atomic E-state index is -0.298. The van der Waals surface area contributed by atoms with Gasteiger partial charge in [-0.15, -0.1) is 0 Å². The van der Waals surface area contributed by atoms with Crippen molar-refractivity contribution in [3.05, 3.63) is 16.5 Å². The molecule has 13 heavy (non-hydrogen) atoms. The van der Waals surface area contributed by atoms with Crippen molar-refractivity contribution in [3.8, 4) is 5.06 Å². The largest absolute Gasteiger partial charge is 0.484 e. The molecule has 0 saturated carbocycles. The van der Waals surface area contributed by atoms with Gasteiger partial charge in [-0.25, -0.2) is 4.79 Å². The van der Waals surface area contributed by atoms with Crippen LogP contribution in [0.15, 0.2) is 6.07 Å². The molecule has 0 aliphatic carbocycles. The second kappa shape index (κ2) is 4.28. The van der Waals surface area contributed by atoms with E-state index in [9.17, 15) is 4.79 Å². The van der Waals surface area contributed by atoms with E-state index in [1.807, 2.05) is 19.9 Å². The van der Waals surface area contributed by atoms with Gasteiger partial charge in [-0.3, -0.25) is 0 Å². The summed E-state index contributed by atoms with van der Waals surface area (Å²) in [7, 11) is 1.38. The Labute approximate surface area is 81.3 Å². The molecule has 0 unspecified atom stereocenters. The van der Waals surface area contributed by atoms with Crippen molar-refractivity contribution < 1.29 is 14.3 Å². The highest BCUT2D eigenvalue weighted by molar-refractivity contribution is 7.15. The highest BCUT2D eigenvalue weighted by Gasteiger charge is 2.13. The Balaban J connectivity index is 2.89. The van der Waals surface area contributed by atoms with Crippen molar-refractivity contribution in [1.29, 1.82) is 0 Å². The molecule has 0 amide bonds. The molecule has 0 fully saturated rings. The van der Waals surface area contributed by atoms with Crippen molar-refractivity contribution in [2.24, 2.45) is 0 Å². The predicted molar refractivity (Wildman–Crippen MR) is 51.6 cm³/mol. The molecule has 0 aromatic carbocycles. The number of methoxy groups -OCH3 is 1. The summed E-state index contributed by atoms with van der Waals surface area (Å²) in [6.45, 7) is 4.39. The maximum absolute atomic E-state index is 11.2. The molecule has 0 radical (unpaired) electrons. The highest BCUT2D eigenvalue weighted by Crippen LogP contribution is 2.29. The van der Waals surface area contributed by atoms with Crippen molar-refractivity contribution in [1.82, 2.24) is 0 Å². The quantitative estimate of drug-likeness (QED) is 0.702. The zero-order chi connectivity index (χ0) is 9.84. The molecule has 0 N–H and O–H groups in total. The summed E-state index contributed by atoms with van der Waals surface area (Å²) in [5, 5.41) is 0.764. The van der Waals surface area contributed by atoms with Gasteiger partial charge in [0, 0.05) is 0 Å². The number of thiophene rings is 1. The molecule has 1 rings (SSSR count). The first-order valence-electron chi connectivity index (χ1n) is 4.00. The number of hydrogen-bond donors (Lipinski definition) is 0. The summed E-state index contributed by atoms with van der Waals surface area (Å²) in [6.07, 6.45) is 0. The van der Waals surface area contributed by atoms with Crippen LogP contribution in [-0.2, 0) is 4.74 Å². The van der Waals surface area contributed by atoms with Gasteiger partial charge in [-0.05, 0) is 25.5 Å². The van der Waals surface area contributed by atoms with Crippen LogP contribution in [0.3, 0.4) is 0 Å². The summed E-state index contributed by atoms with van der Waals surface area (Å²) in [5.41, 5.74) is 0.903. The minimum absolute atomic E-state index is 0.298. The second-order valence-corrected chi connectivity index (χ2v) is 3.52. The predicted octanol–water partition coefficient (Wildman–Crippen LogP) is 2.24. The maximum atomic E-state index is 11.2. The number of esters is 1. The van der Waals surface area contributed by atoms with Crippen molar-refractivity contribution >= 4 is 17.3 Å². The summed E-state index contributed by atoms with van der Waals surface area (Å²) in [6, 6.07) is 1.85. The number of hydrogen-bond acceptors (Lipinski definition) is 4. The number of carbonyl (C=O) groups is 1. The van der Waals surface area contributed by atoms with Crippen LogP contribution in [-0.4, -0.2) is 19.7 Å². The Bertz CT molecular complexity index is 304. The molecule has 4 heteroatoms. The van der Waals surface area contributed by atoms with Crippen LogP contribution in [0.1, 0.15) is 22.2 Å². The van der Waals surface area contributed by atoms with Crippen LogP contribution >= 0.6 is 11.3 Å². The first kappa shape index (κ1) is 10.1. The summed E-state index contributed by atoms with van der Waals surface area (Å²) in [4.78, 5) is 11.8. The minimum Gasteiger partial charge on any atom is -0.484 e. The Morgan fingerprint density at radius 1 is 1.62 bits per heavy atom. The Kier molecular flexibility index (Phi) is 3.31. The lowest BCUT2D eigenvalue weighted by atomic mass is 10.3. The molecular formula is C9H12O3S. The molecule has 0 saturated heterocycles. The average molecular weight is 200 g/mol. The number of aryl methyl sites for hydroxylation is 1. The Morgan fingerprint density at radius 2 is 2.31 bits per heavy atom. The smallest absolute Gasteiger partial charge is 0.348 e. The fourth-order valence-corrected chi connectivity index (χ4v) is 1.96. The lowest BCUT2D eigenvalue weighted by molar-refractivity contribution is 0.0605. The Hall–Kier alpha value is -1.03. The van der Waals surface area contributed by atoms with Crippen molar-refractivity contribution in [2.45, 2.75) is 13.8 Å².